The molecule has 0 fully saturated rings. The minimum Gasteiger partial charge on any atom is -0.495 e. The summed E-state index contributed by atoms with van der Waals surface area (Å²) in [5.41, 5.74) is 1.18. The highest BCUT2D eigenvalue weighted by Gasteiger charge is 2.21. The molecule has 0 radical (unpaired) electrons. The van der Waals surface area contributed by atoms with E-state index < -0.39 is 6.04 Å². The lowest BCUT2D eigenvalue weighted by Gasteiger charge is -2.14. The first-order chi connectivity index (χ1) is 14.1. The van der Waals surface area contributed by atoms with Crippen LogP contribution in [0.3, 0.4) is 0 Å². The molecule has 0 bridgehead atoms. The van der Waals surface area contributed by atoms with Crippen molar-refractivity contribution in [1.82, 2.24) is 15.0 Å². The molecule has 0 spiro atoms. The van der Waals surface area contributed by atoms with Crippen LogP contribution in [0.25, 0.3) is 20.7 Å². The SMILES string of the molecule is COc1ccccc1NC(=O)[C@@H](C)n1nnc2sc(-c3ccccc3)cc2c1=O. The summed E-state index contributed by atoms with van der Waals surface area (Å²) in [7, 11) is 1.53. The van der Waals surface area contributed by atoms with Crippen molar-refractivity contribution >= 4 is 33.1 Å². The van der Waals surface area contributed by atoms with Gasteiger partial charge in [-0.25, -0.2) is 0 Å². The molecule has 4 aromatic rings. The Morgan fingerprint density at radius 1 is 1.14 bits per heavy atom. The Bertz CT molecular complexity index is 1230. The highest BCUT2D eigenvalue weighted by Crippen LogP contribution is 2.30. The van der Waals surface area contributed by atoms with E-state index in [4.69, 9.17) is 4.74 Å². The third-order valence-corrected chi connectivity index (χ3v) is 5.62. The molecule has 1 atom stereocenters. The van der Waals surface area contributed by atoms with Crippen molar-refractivity contribution in [2.75, 3.05) is 12.4 Å². The minimum absolute atomic E-state index is 0.351. The Kier molecular flexibility index (Phi) is 5.09. The zero-order valence-corrected chi connectivity index (χ0v) is 16.6. The first-order valence-electron chi connectivity index (χ1n) is 8.97. The maximum absolute atomic E-state index is 13.0. The lowest BCUT2D eigenvalue weighted by molar-refractivity contribution is -0.119. The summed E-state index contributed by atoms with van der Waals surface area (Å²) in [5, 5.41) is 11.4. The molecule has 0 aliphatic rings. The van der Waals surface area contributed by atoms with Crippen LogP contribution in [0.1, 0.15) is 13.0 Å². The lowest BCUT2D eigenvalue weighted by atomic mass is 10.2. The van der Waals surface area contributed by atoms with Crippen molar-refractivity contribution < 1.29 is 9.53 Å². The molecule has 0 aliphatic carbocycles. The standard InChI is InChI=1S/C21H18N4O3S/c1-13(19(26)22-16-10-6-7-11-17(16)28-2)25-21(27)15-12-18(29-20(15)23-24-25)14-8-4-3-5-9-14/h3-13H,1-2H3,(H,22,26)/t13-/m1/s1. The maximum Gasteiger partial charge on any atom is 0.279 e. The molecule has 0 saturated heterocycles. The number of carbonyl (C=O) groups is 1. The number of methoxy groups -OCH3 is 1. The zero-order chi connectivity index (χ0) is 20.4. The van der Waals surface area contributed by atoms with Crippen LogP contribution in [-0.2, 0) is 4.79 Å². The number of fused-ring (bicyclic) bond motifs is 1. The number of hydrogen-bond donors (Lipinski definition) is 1. The van der Waals surface area contributed by atoms with Crippen LogP contribution in [-0.4, -0.2) is 28.0 Å². The van der Waals surface area contributed by atoms with Gasteiger partial charge in [-0.15, -0.1) is 16.4 Å². The van der Waals surface area contributed by atoms with Gasteiger partial charge in [0.15, 0.2) is 4.83 Å². The Morgan fingerprint density at radius 2 is 1.86 bits per heavy atom. The van der Waals surface area contributed by atoms with Crippen LogP contribution >= 0.6 is 11.3 Å². The number of para-hydroxylation sites is 2. The zero-order valence-electron chi connectivity index (χ0n) is 15.8. The van der Waals surface area contributed by atoms with Gasteiger partial charge in [0.2, 0.25) is 5.91 Å². The third-order valence-electron chi connectivity index (χ3n) is 4.55. The normalized spacial score (nSPS) is 11.9. The van der Waals surface area contributed by atoms with Gasteiger partial charge in [0.1, 0.15) is 11.8 Å². The predicted molar refractivity (Wildman–Crippen MR) is 113 cm³/mol. The molecule has 1 N–H and O–H groups in total. The number of rotatable bonds is 5. The smallest absolute Gasteiger partial charge is 0.279 e. The second-order valence-electron chi connectivity index (χ2n) is 6.40. The summed E-state index contributed by atoms with van der Waals surface area (Å²) in [6.45, 7) is 1.61. The van der Waals surface area contributed by atoms with Crippen LogP contribution in [0.5, 0.6) is 5.75 Å². The highest BCUT2D eigenvalue weighted by molar-refractivity contribution is 7.21. The number of hydrogen-bond acceptors (Lipinski definition) is 6. The fraction of sp³-hybridized carbons (Fsp3) is 0.143. The van der Waals surface area contributed by atoms with Crippen molar-refractivity contribution in [1.29, 1.82) is 0 Å². The number of thiophene rings is 1. The Labute approximate surface area is 170 Å². The first kappa shape index (κ1) is 18.8. The average molecular weight is 406 g/mol. The van der Waals surface area contributed by atoms with E-state index in [2.05, 4.69) is 15.6 Å². The number of aromatic nitrogens is 3. The van der Waals surface area contributed by atoms with Crippen LogP contribution in [0.4, 0.5) is 5.69 Å². The van der Waals surface area contributed by atoms with E-state index in [1.807, 2.05) is 36.4 Å². The molecule has 0 aliphatic heterocycles. The minimum atomic E-state index is -0.843. The van der Waals surface area contributed by atoms with E-state index in [1.54, 1.807) is 31.2 Å². The Balaban J connectivity index is 1.65. The van der Waals surface area contributed by atoms with Gasteiger partial charge in [-0.2, -0.15) is 4.68 Å². The summed E-state index contributed by atoms with van der Waals surface area (Å²) in [6.07, 6.45) is 0. The van der Waals surface area contributed by atoms with Crippen molar-refractivity contribution in [3.63, 3.8) is 0 Å². The molecule has 0 saturated carbocycles. The number of ether oxygens (including phenoxy) is 1. The molecule has 7 nitrogen and oxygen atoms in total. The molecule has 8 heteroatoms. The van der Waals surface area contributed by atoms with Crippen LogP contribution in [0.15, 0.2) is 65.5 Å². The van der Waals surface area contributed by atoms with E-state index >= 15 is 0 Å². The summed E-state index contributed by atoms with van der Waals surface area (Å²) < 4.78 is 6.35. The lowest BCUT2D eigenvalue weighted by Crippen LogP contribution is -2.34. The molecule has 146 valence electrons. The number of amides is 1. The summed E-state index contributed by atoms with van der Waals surface area (Å²) in [4.78, 5) is 27.1. The van der Waals surface area contributed by atoms with Gasteiger partial charge >= 0.3 is 0 Å². The second kappa shape index (κ2) is 7.84. The fourth-order valence-electron chi connectivity index (χ4n) is 2.96. The molecule has 29 heavy (non-hydrogen) atoms. The van der Waals surface area contributed by atoms with Crippen LogP contribution < -0.4 is 15.6 Å². The van der Waals surface area contributed by atoms with E-state index in [0.717, 1.165) is 15.1 Å². The van der Waals surface area contributed by atoms with E-state index in [-0.39, 0.29) is 11.5 Å². The number of carbonyl (C=O) groups excluding carboxylic acids is 1. The van der Waals surface area contributed by atoms with E-state index in [9.17, 15) is 9.59 Å². The number of benzene rings is 2. The van der Waals surface area contributed by atoms with E-state index in [0.29, 0.717) is 21.7 Å². The number of anilines is 1. The summed E-state index contributed by atoms with van der Waals surface area (Å²) >= 11 is 1.40. The highest BCUT2D eigenvalue weighted by atomic mass is 32.1. The maximum atomic E-state index is 13.0. The largest absolute Gasteiger partial charge is 0.495 e. The first-order valence-corrected chi connectivity index (χ1v) is 9.78. The quantitative estimate of drug-likeness (QED) is 0.546. The average Bonchev–Trinajstić information content (AvgIpc) is 3.20. The van der Waals surface area contributed by atoms with Crippen molar-refractivity contribution in [3.05, 3.63) is 71.0 Å². The molecule has 4 rings (SSSR count). The molecular formula is C21H18N4O3S. The molecule has 2 aromatic heterocycles. The van der Waals surface area contributed by atoms with Crippen molar-refractivity contribution in [2.24, 2.45) is 0 Å². The molecule has 2 heterocycles. The number of nitrogens with one attached hydrogen (secondary N) is 1. The van der Waals surface area contributed by atoms with Crippen LogP contribution in [0.2, 0.25) is 0 Å². The van der Waals surface area contributed by atoms with E-state index in [1.165, 1.54) is 18.4 Å². The third kappa shape index (κ3) is 3.62. The Morgan fingerprint density at radius 3 is 2.62 bits per heavy atom. The van der Waals surface area contributed by atoms with Gasteiger partial charge in [-0.3, -0.25) is 9.59 Å². The Hall–Kier alpha value is -3.52. The molecule has 1 amide bonds. The van der Waals surface area contributed by atoms with Crippen molar-refractivity contribution in [2.45, 2.75) is 13.0 Å². The molecule has 0 unspecified atom stereocenters. The van der Waals surface area contributed by atoms with Gasteiger partial charge in [-0.1, -0.05) is 47.7 Å². The van der Waals surface area contributed by atoms with Gasteiger partial charge in [0, 0.05) is 4.88 Å². The van der Waals surface area contributed by atoms with Gasteiger partial charge in [0.25, 0.3) is 5.56 Å². The monoisotopic (exact) mass is 406 g/mol. The van der Waals surface area contributed by atoms with Crippen molar-refractivity contribution in [3.8, 4) is 16.2 Å². The van der Waals surface area contributed by atoms with Crippen LogP contribution in [0, 0.1) is 0 Å². The molecule has 2 aromatic carbocycles. The summed E-state index contributed by atoms with van der Waals surface area (Å²) in [6, 6.07) is 17.8. The van der Waals surface area contributed by atoms with Gasteiger partial charge in [-0.05, 0) is 30.7 Å². The topological polar surface area (TPSA) is 86.1 Å². The predicted octanol–water partition coefficient (Wildman–Crippen LogP) is 3.73. The number of nitrogens with zero attached hydrogens (tertiary/aromatic N) is 3. The fourth-order valence-corrected chi connectivity index (χ4v) is 3.93. The van der Waals surface area contributed by atoms with Gasteiger partial charge < -0.3 is 10.1 Å². The summed E-state index contributed by atoms with van der Waals surface area (Å²) in [5.74, 6) is 0.149. The molecular weight excluding hydrogens is 388 g/mol. The van der Waals surface area contributed by atoms with Gasteiger partial charge in [0.05, 0.1) is 18.2 Å². The second-order valence-corrected chi connectivity index (χ2v) is 7.43.